The summed E-state index contributed by atoms with van der Waals surface area (Å²) < 4.78 is 17.8. The van der Waals surface area contributed by atoms with Crippen molar-refractivity contribution in [2.75, 3.05) is 51.4 Å². The summed E-state index contributed by atoms with van der Waals surface area (Å²) in [5, 5.41) is 1.15. The maximum atomic E-state index is 12.9. The lowest BCUT2D eigenvalue weighted by atomic mass is 9.76. The molecule has 3 atom stereocenters. The van der Waals surface area contributed by atoms with Gasteiger partial charge in [0.1, 0.15) is 11.5 Å². The van der Waals surface area contributed by atoms with Gasteiger partial charge in [-0.05, 0) is 65.8 Å². The lowest BCUT2D eigenvalue weighted by Gasteiger charge is -2.39. The van der Waals surface area contributed by atoms with Crippen molar-refractivity contribution in [1.82, 2.24) is 4.90 Å². The number of nitrogens with zero attached hydrogens (tertiary/aromatic N) is 2. The Kier molecular flexibility index (Phi) is 9.64. The van der Waals surface area contributed by atoms with E-state index in [1.807, 2.05) is 53.4 Å². The Morgan fingerprint density at radius 1 is 0.951 bits per heavy atom. The molecule has 0 aliphatic carbocycles. The molecule has 2 aliphatic heterocycles. The number of anilines is 1. The first-order valence-electron chi connectivity index (χ1n) is 14.3. The third-order valence-electron chi connectivity index (χ3n) is 8.32. The molecule has 0 aromatic heterocycles. The average molecular weight is 598 g/mol. The van der Waals surface area contributed by atoms with Gasteiger partial charge in [-0.25, -0.2) is 0 Å². The van der Waals surface area contributed by atoms with E-state index < -0.39 is 0 Å². The van der Waals surface area contributed by atoms with Crippen molar-refractivity contribution in [3.8, 4) is 11.5 Å². The van der Waals surface area contributed by atoms with E-state index in [0.717, 1.165) is 42.1 Å². The number of carbonyl (C=O) groups is 1. The summed E-state index contributed by atoms with van der Waals surface area (Å²) in [6.45, 7) is 7.96. The van der Waals surface area contributed by atoms with Crippen molar-refractivity contribution in [3.05, 3.63) is 87.9 Å². The van der Waals surface area contributed by atoms with Crippen LogP contribution in [0.15, 0.2) is 66.7 Å². The lowest BCUT2D eigenvalue weighted by molar-refractivity contribution is -0.133. The van der Waals surface area contributed by atoms with Crippen molar-refractivity contribution in [2.24, 2.45) is 11.8 Å². The van der Waals surface area contributed by atoms with Crippen molar-refractivity contribution in [1.29, 1.82) is 0 Å². The molecule has 218 valence electrons. The molecule has 0 saturated carbocycles. The van der Waals surface area contributed by atoms with Gasteiger partial charge in [0.15, 0.2) is 6.61 Å². The molecule has 2 saturated heterocycles. The van der Waals surface area contributed by atoms with Crippen LogP contribution < -0.4 is 14.4 Å². The second kappa shape index (κ2) is 13.4. The van der Waals surface area contributed by atoms with E-state index in [4.69, 9.17) is 37.4 Å². The third kappa shape index (κ3) is 6.94. The molecule has 2 aliphatic rings. The normalized spacial score (nSPS) is 21.2. The van der Waals surface area contributed by atoms with Crippen LogP contribution >= 0.6 is 23.2 Å². The van der Waals surface area contributed by atoms with Crippen molar-refractivity contribution >= 4 is 34.8 Å². The second-order valence-corrected chi connectivity index (χ2v) is 12.0. The van der Waals surface area contributed by atoms with E-state index in [1.165, 1.54) is 0 Å². The summed E-state index contributed by atoms with van der Waals surface area (Å²) in [5.41, 5.74) is 3.35. The number of rotatable bonds is 8. The molecule has 2 heterocycles. The molecule has 0 unspecified atom stereocenters. The zero-order chi connectivity index (χ0) is 28.9. The molecule has 0 N–H and O–H groups in total. The highest BCUT2D eigenvalue weighted by molar-refractivity contribution is 6.42. The molecule has 8 heteroatoms. The zero-order valence-corrected chi connectivity index (χ0v) is 25.4. The number of hydrogen-bond donors (Lipinski definition) is 0. The van der Waals surface area contributed by atoms with Crippen LogP contribution in [0.25, 0.3) is 0 Å². The molecule has 3 aromatic carbocycles. The Bertz CT molecular complexity index is 1330. The zero-order valence-electron chi connectivity index (χ0n) is 23.9. The number of benzene rings is 3. The van der Waals surface area contributed by atoms with Crippen LogP contribution in [0, 0.1) is 11.8 Å². The van der Waals surface area contributed by atoms with E-state index in [0.29, 0.717) is 47.3 Å². The van der Waals surface area contributed by atoms with E-state index in [2.05, 4.69) is 36.9 Å². The predicted octanol–water partition coefficient (Wildman–Crippen LogP) is 7.25. The Morgan fingerprint density at radius 3 is 2.34 bits per heavy atom. The number of para-hydroxylation sites is 2. The van der Waals surface area contributed by atoms with Crippen LogP contribution in [-0.4, -0.2) is 57.3 Å². The third-order valence-corrected chi connectivity index (χ3v) is 9.06. The minimum atomic E-state index is -0.00224. The first-order valence-corrected chi connectivity index (χ1v) is 15.0. The van der Waals surface area contributed by atoms with Crippen LogP contribution in [0.3, 0.4) is 0 Å². The van der Waals surface area contributed by atoms with E-state index >= 15 is 0 Å². The first-order chi connectivity index (χ1) is 19.8. The SMILES string of the molecule is COc1ccccc1N1CCN(C(=O)COc2ccc([C@@H]3OC[C@@H](c4ccc(Cl)c(Cl)c4)C[C@H]3C(C)C)cc2)CC1. The molecule has 0 radical (unpaired) electrons. The predicted molar refractivity (Wildman–Crippen MR) is 165 cm³/mol. The van der Waals surface area contributed by atoms with Crippen LogP contribution in [-0.2, 0) is 9.53 Å². The van der Waals surface area contributed by atoms with Gasteiger partial charge in [-0.2, -0.15) is 0 Å². The Morgan fingerprint density at radius 2 is 1.66 bits per heavy atom. The molecular weight excluding hydrogens is 559 g/mol. The number of halogens is 2. The monoisotopic (exact) mass is 596 g/mol. The average Bonchev–Trinajstić information content (AvgIpc) is 3.01. The number of hydrogen-bond acceptors (Lipinski definition) is 5. The fraction of sp³-hybridized carbons (Fsp3) is 0.424. The summed E-state index contributed by atoms with van der Waals surface area (Å²) in [7, 11) is 1.68. The van der Waals surface area contributed by atoms with Crippen LogP contribution in [0.5, 0.6) is 11.5 Å². The molecule has 6 nitrogen and oxygen atoms in total. The quantitative estimate of drug-likeness (QED) is 0.274. The Hall–Kier alpha value is -2.93. The molecular formula is C33H38Cl2N2O4. The van der Waals surface area contributed by atoms with Gasteiger partial charge in [0.25, 0.3) is 5.91 Å². The number of amides is 1. The Labute approximate surface area is 253 Å². The van der Waals surface area contributed by atoms with Gasteiger partial charge in [-0.15, -0.1) is 0 Å². The van der Waals surface area contributed by atoms with Crippen LogP contribution in [0.1, 0.15) is 43.4 Å². The maximum absolute atomic E-state index is 12.9. The number of carbonyl (C=O) groups excluding carboxylic acids is 1. The number of piperazine rings is 1. The van der Waals surface area contributed by atoms with E-state index in [9.17, 15) is 4.79 Å². The summed E-state index contributed by atoms with van der Waals surface area (Å²) in [6.07, 6.45) is 1.02. The summed E-state index contributed by atoms with van der Waals surface area (Å²) in [6, 6.07) is 21.9. The fourth-order valence-corrected chi connectivity index (χ4v) is 6.21. The van der Waals surface area contributed by atoms with Gasteiger partial charge >= 0.3 is 0 Å². The summed E-state index contributed by atoms with van der Waals surface area (Å²) in [5.74, 6) is 2.61. The van der Waals surface area contributed by atoms with Crippen molar-refractivity contribution in [2.45, 2.75) is 32.3 Å². The lowest BCUT2D eigenvalue weighted by Crippen LogP contribution is -2.50. The largest absolute Gasteiger partial charge is 0.495 e. The molecule has 0 bridgehead atoms. The van der Waals surface area contributed by atoms with Gasteiger partial charge in [0.2, 0.25) is 0 Å². The van der Waals surface area contributed by atoms with Gasteiger partial charge < -0.3 is 24.0 Å². The maximum Gasteiger partial charge on any atom is 0.260 e. The molecule has 41 heavy (non-hydrogen) atoms. The minimum Gasteiger partial charge on any atom is -0.495 e. The standard InChI is InChI=1S/C33H38Cl2N2O4/c1-22(2)27-18-25(24-10-13-28(34)29(35)19-24)20-41-33(27)23-8-11-26(12-9-23)40-21-32(38)37-16-14-36(15-17-37)30-6-4-5-7-31(30)39-3/h4-13,19,22,25,27,33H,14-18,20-21H2,1-3H3/t25-,27-,33-/m0/s1. The van der Waals surface area contributed by atoms with E-state index in [-0.39, 0.29) is 24.5 Å². The molecule has 0 spiro atoms. The van der Waals surface area contributed by atoms with Crippen molar-refractivity contribution < 1.29 is 19.0 Å². The highest BCUT2D eigenvalue weighted by atomic mass is 35.5. The summed E-state index contributed by atoms with van der Waals surface area (Å²) in [4.78, 5) is 17.0. The summed E-state index contributed by atoms with van der Waals surface area (Å²) >= 11 is 12.4. The molecule has 2 fully saturated rings. The van der Waals surface area contributed by atoms with Crippen molar-refractivity contribution in [3.63, 3.8) is 0 Å². The highest BCUT2D eigenvalue weighted by Gasteiger charge is 2.35. The second-order valence-electron chi connectivity index (χ2n) is 11.2. The first kappa shape index (κ1) is 29.6. The Balaban J connectivity index is 1.14. The number of ether oxygens (including phenoxy) is 3. The minimum absolute atomic E-state index is 0.00224. The highest BCUT2D eigenvalue weighted by Crippen LogP contribution is 2.44. The van der Waals surface area contributed by atoms with Gasteiger partial charge in [0, 0.05) is 32.1 Å². The molecule has 1 amide bonds. The van der Waals surface area contributed by atoms with Crippen LogP contribution in [0.2, 0.25) is 10.0 Å². The topological polar surface area (TPSA) is 51.2 Å². The van der Waals surface area contributed by atoms with Gasteiger partial charge in [-0.3, -0.25) is 4.79 Å². The molecule has 3 aromatic rings. The van der Waals surface area contributed by atoms with Gasteiger partial charge in [0.05, 0.1) is 35.6 Å². The van der Waals surface area contributed by atoms with Crippen LogP contribution in [0.4, 0.5) is 5.69 Å². The smallest absolute Gasteiger partial charge is 0.260 e. The number of methoxy groups -OCH3 is 1. The fourth-order valence-electron chi connectivity index (χ4n) is 5.91. The van der Waals surface area contributed by atoms with Gasteiger partial charge in [-0.1, -0.05) is 67.4 Å². The molecule has 5 rings (SSSR count). The van der Waals surface area contributed by atoms with E-state index in [1.54, 1.807) is 7.11 Å².